The Hall–Kier alpha value is -1.29. The third kappa shape index (κ3) is 3.38. The van der Waals surface area contributed by atoms with Gasteiger partial charge in [-0.15, -0.1) is 0 Å². The molecule has 0 spiro atoms. The fourth-order valence-corrected chi connectivity index (χ4v) is 1.86. The zero-order chi connectivity index (χ0) is 12.4. The largest absolute Gasteiger partial charge is 0.488 e. The predicted octanol–water partition coefficient (Wildman–Crippen LogP) is 2.78. The van der Waals surface area contributed by atoms with E-state index in [1.165, 1.54) is 12.1 Å². The monoisotopic (exact) mass is 240 g/mol. The lowest BCUT2D eigenvalue weighted by Crippen LogP contribution is -2.22. The quantitative estimate of drug-likeness (QED) is 0.816. The summed E-state index contributed by atoms with van der Waals surface area (Å²) in [5, 5.41) is 0.937. The van der Waals surface area contributed by atoms with Gasteiger partial charge in [0.2, 0.25) is 0 Å². The van der Waals surface area contributed by atoms with Crippen LogP contribution >= 0.6 is 0 Å². The topological polar surface area (TPSA) is 43.4 Å². The summed E-state index contributed by atoms with van der Waals surface area (Å²) in [5.41, 5.74) is -0.293. The number of rotatable bonds is 3. The minimum atomic E-state index is -3.35. The maximum Gasteiger partial charge on any atom is 0.199 e. The molecule has 3 nitrogen and oxygen atoms in total. The van der Waals surface area contributed by atoms with Crippen molar-refractivity contribution in [2.24, 2.45) is 0 Å². The Labute approximate surface area is 96.7 Å². The summed E-state index contributed by atoms with van der Waals surface area (Å²) >= 11 is 0. The van der Waals surface area contributed by atoms with Crippen LogP contribution in [0.5, 0.6) is 5.75 Å². The van der Waals surface area contributed by atoms with Gasteiger partial charge in [0, 0.05) is 5.41 Å². The highest BCUT2D eigenvalue weighted by atomic mass is 32.2. The first-order valence-corrected chi connectivity index (χ1v) is 6.46. The van der Waals surface area contributed by atoms with Gasteiger partial charge in [0.1, 0.15) is 11.4 Å². The molecule has 1 aromatic carbocycles. The maximum atomic E-state index is 11.4. The minimum absolute atomic E-state index is 0.226. The molecular weight excluding hydrogens is 224 g/mol. The standard InChI is InChI=1S/C12H16O3S/c1-5-16(13,14)11-8-6-10(7-9-11)15-12(2,3)4/h5-9H,1H2,2-4H3. The minimum Gasteiger partial charge on any atom is -0.488 e. The van der Waals surface area contributed by atoms with E-state index in [1.54, 1.807) is 12.1 Å². The molecule has 0 fully saturated rings. The molecule has 0 saturated carbocycles. The number of benzene rings is 1. The first kappa shape index (κ1) is 12.8. The van der Waals surface area contributed by atoms with Gasteiger partial charge in [0.25, 0.3) is 0 Å². The SMILES string of the molecule is C=CS(=O)(=O)c1ccc(OC(C)(C)C)cc1. The van der Waals surface area contributed by atoms with Crippen LogP contribution in [0.25, 0.3) is 0 Å². The lowest BCUT2D eigenvalue weighted by molar-refractivity contribution is 0.131. The first-order chi connectivity index (χ1) is 7.24. The molecule has 88 valence electrons. The van der Waals surface area contributed by atoms with Gasteiger partial charge in [-0.1, -0.05) is 6.58 Å². The Morgan fingerprint density at radius 1 is 1.19 bits per heavy atom. The van der Waals surface area contributed by atoms with E-state index in [0.717, 1.165) is 5.41 Å². The van der Waals surface area contributed by atoms with Crippen LogP contribution in [0.4, 0.5) is 0 Å². The fourth-order valence-electron chi connectivity index (χ4n) is 1.15. The molecule has 0 N–H and O–H groups in total. The Morgan fingerprint density at radius 3 is 2.06 bits per heavy atom. The summed E-state index contributed by atoms with van der Waals surface area (Å²) in [6.07, 6.45) is 0. The smallest absolute Gasteiger partial charge is 0.199 e. The Morgan fingerprint density at radius 2 is 1.69 bits per heavy atom. The zero-order valence-electron chi connectivity index (χ0n) is 9.73. The van der Waals surface area contributed by atoms with Gasteiger partial charge in [-0.3, -0.25) is 0 Å². The fraction of sp³-hybridized carbons (Fsp3) is 0.333. The van der Waals surface area contributed by atoms with E-state index < -0.39 is 9.84 Å². The molecule has 0 aliphatic carbocycles. The second-order valence-electron chi connectivity index (χ2n) is 4.40. The molecule has 0 aliphatic rings. The molecule has 0 saturated heterocycles. The van der Waals surface area contributed by atoms with Crippen LogP contribution in [0.3, 0.4) is 0 Å². The van der Waals surface area contributed by atoms with Crippen molar-refractivity contribution in [2.45, 2.75) is 31.3 Å². The molecular formula is C12H16O3S. The summed E-state index contributed by atoms with van der Waals surface area (Å²) in [7, 11) is -3.35. The average molecular weight is 240 g/mol. The van der Waals surface area contributed by atoms with E-state index in [4.69, 9.17) is 4.74 Å². The average Bonchev–Trinajstić information content (AvgIpc) is 2.16. The van der Waals surface area contributed by atoms with Gasteiger partial charge >= 0.3 is 0 Å². The number of hydrogen-bond acceptors (Lipinski definition) is 3. The lowest BCUT2D eigenvalue weighted by atomic mass is 10.2. The Kier molecular flexibility index (Phi) is 3.43. The van der Waals surface area contributed by atoms with Gasteiger partial charge in [-0.25, -0.2) is 8.42 Å². The van der Waals surface area contributed by atoms with Gasteiger partial charge in [0.05, 0.1) is 4.90 Å². The lowest BCUT2D eigenvalue weighted by Gasteiger charge is -2.21. The van der Waals surface area contributed by atoms with Crippen LogP contribution in [0.2, 0.25) is 0 Å². The maximum absolute atomic E-state index is 11.4. The molecule has 0 heterocycles. The molecule has 0 amide bonds. The Bertz CT molecular complexity index is 464. The molecule has 0 radical (unpaired) electrons. The van der Waals surface area contributed by atoms with Crippen molar-refractivity contribution in [2.75, 3.05) is 0 Å². The van der Waals surface area contributed by atoms with Crippen molar-refractivity contribution < 1.29 is 13.2 Å². The molecule has 1 aromatic rings. The van der Waals surface area contributed by atoms with Crippen LogP contribution in [-0.4, -0.2) is 14.0 Å². The molecule has 4 heteroatoms. The third-order valence-electron chi connectivity index (χ3n) is 1.80. The summed E-state index contributed by atoms with van der Waals surface area (Å²) < 4.78 is 28.5. The highest BCUT2D eigenvalue weighted by Crippen LogP contribution is 2.21. The molecule has 0 aliphatic heterocycles. The van der Waals surface area contributed by atoms with E-state index in [0.29, 0.717) is 5.75 Å². The zero-order valence-corrected chi connectivity index (χ0v) is 10.5. The molecule has 0 aromatic heterocycles. The van der Waals surface area contributed by atoms with Gasteiger partial charge in [-0.2, -0.15) is 0 Å². The van der Waals surface area contributed by atoms with Crippen molar-refractivity contribution in [3.63, 3.8) is 0 Å². The van der Waals surface area contributed by atoms with Crippen LogP contribution in [0, 0.1) is 0 Å². The van der Waals surface area contributed by atoms with Gasteiger partial charge < -0.3 is 4.74 Å². The summed E-state index contributed by atoms with van der Waals surface area (Å²) in [6, 6.07) is 6.30. The van der Waals surface area contributed by atoms with Gasteiger partial charge in [0.15, 0.2) is 9.84 Å². The predicted molar refractivity (Wildman–Crippen MR) is 64.2 cm³/mol. The third-order valence-corrected chi connectivity index (χ3v) is 3.16. The highest BCUT2D eigenvalue weighted by Gasteiger charge is 2.13. The summed E-state index contributed by atoms with van der Waals surface area (Å²) in [4.78, 5) is 0.226. The van der Waals surface area contributed by atoms with Crippen molar-refractivity contribution >= 4 is 9.84 Å². The van der Waals surface area contributed by atoms with Crippen LogP contribution in [0.1, 0.15) is 20.8 Å². The van der Waals surface area contributed by atoms with Crippen LogP contribution < -0.4 is 4.74 Å². The number of hydrogen-bond donors (Lipinski definition) is 0. The highest BCUT2D eigenvalue weighted by molar-refractivity contribution is 7.94. The second kappa shape index (κ2) is 4.29. The summed E-state index contributed by atoms with van der Waals surface area (Å²) in [5.74, 6) is 0.649. The van der Waals surface area contributed by atoms with E-state index in [1.807, 2.05) is 20.8 Å². The van der Waals surface area contributed by atoms with Crippen molar-refractivity contribution in [1.82, 2.24) is 0 Å². The van der Waals surface area contributed by atoms with Crippen molar-refractivity contribution in [3.8, 4) is 5.75 Å². The summed E-state index contributed by atoms with van der Waals surface area (Å²) in [6.45, 7) is 9.07. The van der Waals surface area contributed by atoms with Crippen LogP contribution in [0.15, 0.2) is 41.1 Å². The Balaban J connectivity index is 2.97. The molecule has 0 bridgehead atoms. The number of sulfone groups is 1. The second-order valence-corrected chi connectivity index (χ2v) is 6.29. The molecule has 16 heavy (non-hydrogen) atoms. The first-order valence-electron chi connectivity index (χ1n) is 4.91. The normalized spacial score (nSPS) is 12.2. The molecule has 0 atom stereocenters. The van der Waals surface area contributed by atoms with Crippen molar-refractivity contribution in [1.29, 1.82) is 0 Å². The van der Waals surface area contributed by atoms with Crippen molar-refractivity contribution in [3.05, 3.63) is 36.3 Å². The number of ether oxygens (including phenoxy) is 1. The van der Waals surface area contributed by atoms with E-state index in [-0.39, 0.29) is 10.5 Å². The van der Waals surface area contributed by atoms with E-state index in [9.17, 15) is 8.42 Å². The van der Waals surface area contributed by atoms with Gasteiger partial charge in [-0.05, 0) is 45.0 Å². The molecule has 0 unspecified atom stereocenters. The van der Waals surface area contributed by atoms with E-state index in [2.05, 4.69) is 6.58 Å². The molecule has 1 rings (SSSR count). The van der Waals surface area contributed by atoms with E-state index >= 15 is 0 Å². The van der Waals surface area contributed by atoms with Crippen LogP contribution in [-0.2, 0) is 9.84 Å².